The van der Waals surface area contributed by atoms with E-state index in [1.807, 2.05) is 6.92 Å². The third kappa shape index (κ3) is 3.28. The van der Waals surface area contributed by atoms with Gasteiger partial charge in [0.1, 0.15) is 5.82 Å². The van der Waals surface area contributed by atoms with Gasteiger partial charge >= 0.3 is 0 Å². The monoisotopic (exact) mass is 337 g/mol. The van der Waals surface area contributed by atoms with Crippen LogP contribution < -0.4 is 5.32 Å². The van der Waals surface area contributed by atoms with Crippen molar-refractivity contribution in [1.82, 2.24) is 5.32 Å². The van der Waals surface area contributed by atoms with E-state index < -0.39 is 11.7 Å². The van der Waals surface area contributed by atoms with Crippen LogP contribution in [0, 0.1) is 5.82 Å². The molecule has 1 aromatic carbocycles. The zero-order chi connectivity index (χ0) is 11.4. The van der Waals surface area contributed by atoms with E-state index in [0.29, 0.717) is 9.80 Å². The molecule has 1 rings (SSSR count). The highest BCUT2D eigenvalue weighted by atomic mass is 79.9. The van der Waals surface area contributed by atoms with E-state index in [0.717, 1.165) is 0 Å². The van der Waals surface area contributed by atoms with Crippen LogP contribution in [0.25, 0.3) is 0 Å². The van der Waals surface area contributed by atoms with Gasteiger partial charge in [-0.1, -0.05) is 22.0 Å². The van der Waals surface area contributed by atoms with Crippen molar-refractivity contribution in [2.45, 2.75) is 13.0 Å². The predicted molar refractivity (Wildman–Crippen MR) is 64.8 cm³/mol. The molecule has 0 saturated heterocycles. The number of benzene rings is 1. The number of nitrogens with one attached hydrogen (secondary N) is 1. The van der Waals surface area contributed by atoms with Crippen LogP contribution in [0.4, 0.5) is 4.39 Å². The fraction of sp³-hybridized carbons (Fsp3) is 0.300. The molecule has 0 fully saturated rings. The van der Waals surface area contributed by atoms with Gasteiger partial charge in [-0.05, 0) is 35.0 Å². The Hall–Kier alpha value is -0.420. The van der Waals surface area contributed by atoms with Crippen molar-refractivity contribution in [3.8, 4) is 0 Å². The molecule has 0 aromatic heterocycles. The molecule has 1 amide bonds. The van der Waals surface area contributed by atoms with Crippen LogP contribution in [-0.4, -0.2) is 17.3 Å². The first-order valence-corrected chi connectivity index (χ1v) is 6.28. The summed E-state index contributed by atoms with van der Waals surface area (Å²) in [5, 5.41) is 3.30. The van der Waals surface area contributed by atoms with Crippen molar-refractivity contribution in [3.63, 3.8) is 0 Å². The fourth-order valence-electron chi connectivity index (χ4n) is 1.02. The van der Waals surface area contributed by atoms with Crippen LogP contribution in [0.2, 0.25) is 0 Å². The van der Waals surface area contributed by atoms with E-state index in [1.54, 1.807) is 12.1 Å². The maximum atomic E-state index is 13.5. The third-order valence-electron chi connectivity index (χ3n) is 1.81. The quantitative estimate of drug-likeness (QED) is 0.843. The highest BCUT2D eigenvalue weighted by Gasteiger charge is 2.14. The van der Waals surface area contributed by atoms with E-state index in [4.69, 9.17) is 0 Å². The predicted octanol–water partition coefficient (Wildman–Crippen LogP) is 3.10. The summed E-state index contributed by atoms with van der Waals surface area (Å²) in [6.07, 6.45) is 0. The van der Waals surface area contributed by atoms with Crippen molar-refractivity contribution in [2.75, 3.05) is 5.33 Å². The van der Waals surface area contributed by atoms with E-state index in [1.165, 1.54) is 6.07 Å². The lowest BCUT2D eigenvalue weighted by atomic mass is 10.2. The highest BCUT2D eigenvalue weighted by Crippen LogP contribution is 2.18. The summed E-state index contributed by atoms with van der Waals surface area (Å²) in [7, 11) is 0. The Morgan fingerprint density at radius 1 is 1.60 bits per heavy atom. The van der Waals surface area contributed by atoms with Crippen LogP contribution in [-0.2, 0) is 0 Å². The van der Waals surface area contributed by atoms with E-state index in [9.17, 15) is 9.18 Å². The molecular formula is C10H10Br2FNO. The van der Waals surface area contributed by atoms with Gasteiger partial charge < -0.3 is 5.32 Å². The number of hydrogen-bond donors (Lipinski definition) is 1. The molecule has 82 valence electrons. The van der Waals surface area contributed by atoms with Gasteiger partial charge in [-0.3, -0.25) is 4.79 Å². The van der Waals surface area contributed by atoms with E-state index in [-0.39, 0.29) is 11.6 Å². The summed E-state index contributed by atoms with van der Waals surface area (Å²) in [5.41, 5.74) is 0.0529. The summed E-state index contributed by atoms with van der Waals surface area (Å²) in [6.45, 7) is 1.84. The topological polar surface area (TPSA) is 29.1 Å². The van der Waals surface area contributed by atoms with Gasteiger partial charge in [-0.2, -0.15) is 0 Å². The Morgan fingerprint density at radius 3 is 2.87 bits per heavy atom. The molecule has 0 bridgehead atoms. The van der Waals surface area contributed by atoms with Gasteiger partial charge in [-0.25, -0.2) is 4.39 Å². The minimum Gasteiger partial charge on any atom is -0.349 e. The van der Waals surface area contributed by atoms with Crippen LogP contribution in [0.5, 0.6) is 0 Å². The minimum absolute atomic E-state index is 0.0316. The van der Waals surface area contributed by atoms with Crippen LogP contribution >= 0.6 is 31.9 Å². The van der Waals surface area contributed by atoms with Gasteiger partial charge in [0.25, 0.3) is 5.91 Å². The van der Waals surface area contributed by atoms with Gasteiger partial charge in [-0.15, -0.1) is 0 Å². The van der Waals surface area contributed by atoms with Crippen molar-refractivity contribution in [3.05, 3.63) is 34.1 Å². The van der Waals surface area contributed by atoms with E-state index in [2.05, 4.69) is 37.2 Å². The minimum atomic E-state index is -0.531. The molecule has 2 nitrogen and oxygen atoms in total. The molecule has 0 spiro atoms. The van der Waals surface area contributed by atoms with Gasteiger partial charge in [0.15, 0.2) is 0 Å². The number of hydrogen-bond acceptors (Lipinski definition) is 1. The molecule has 0 heterocycles. The number of rotatable bonds is 3. The smallest absolute Gasteiger partial charge is 0.254 e. The van der Waals surface area contributed by atoms with Crippen molar-refractivity contribution < 1.29 is 9.18 Å². The van der Waals surface area contributed by atoms with Crippen molar-refractivity contribution in [2.24, 2.45) is 0 Å². The lowest BCUT2D eigenvalue weighted by Crippen LogP contribution is -2.34. The first-order chi connectivity index (χ1) is 7.06. The van der Waals surface area contributed by atoms with Crippen molar-refractivity contribution in [1.29, 1.82) is 0 Å². The summed E-state index contributed by atoms with van der Waals surface area (Å²) in [5.74, 6) is -0.933. The Bertz CT molecular complexity index is 370. The lowest BCUT2D eigenvalue weighted by Gasteiger charge is -2.11. The van der Waals surface area contributed by atoms with Gasteiger partial charge in [0, 0.05) is 11.4 Å². The van der Waals surface area contributed by atoms with Crippen LogP contribution in [0.1, 0.15) is 17.3 Å². The summed E-state index contributed by atoms with van der Waals surface area (Å²) in [6, 6.07) is 4.60. The first kappa shape index (κ1) is 12.6. The summed E-state index contributed by atoms with van der Waals surface area (Å²) < 4.78 is 13.8. The molecule has 0 aliphatic heterocycles. The molecule has 1 unspecified atom stereocenters. The van der Waals surface area contributed by atoms with Gasteiger partial charge in [0.2, 0.25) is 0 Å². The molecule has 0 aliphatic rings. The number of carbonyl (C=O) groups is 1. The second kappa shape index (κ2) is 5.61. The number of alkyl halides is 1. The Balaban J connectivity index is 2.87. The van der Waals surface area contributed by atoms with Crippen LogP contribution in [0.3, 0.4) is 0 Å². The SMILES string of the molecule is CC(CBr)NC(=O)c1cccc(Br)c1F. The second-order valence-corrected chi connectivity index (χ2v) is 4.63. The van der Waals surface area contributed by atoms with E-state index >= 15 is 0 Å². The maximum Gasteiger partial charge on any atom is 0.254 e. The third-order valence-corrected chi connectivity index (χ3v) is 3.39. The molecule has 5 heteroatoms. The first-order valence-electron chi connectivity index (χ1n) is 4.37. The number of halogens is 3. The van der Waals surface area contributed by atoms with Gasteiger partial charge in [0.05, 0.1) is 10.0 Å². The fourth-order valence-corrected chi connectivity index (χ4v) is 1.55. The Morgan fingerprint density at radius 2 is 2.27 bits per heavy atom. The summed E-state index contributed by atoms with van der Waals surface area (Å²) >= 11 is 6.26. The number of carbonyl (C=O) groups excluding carboxylic acids is 1. The normalized spacial score (nSPS) is 12.3. The zero-order valence-corrected chi connectivity index (χ0v) is 11.2. The standard InChI is InChI=1S/C10H10Br2FNO/c1-6(5-11)14-10(15)7-3-2-4-8(12)9(7)13/h2-4,6H,5H2,1H3,(H,14,15). The lowest BCUT2D eigenvalue weighted by molar-refractivity contribution is 0.0939. The molecule has 0 saturated carbocycles. The molecule has 15 heavy (non-hydrogen) atoms. The second-order valence-electron chi connectivity index (χ2n) is 3.13. The largest absolute Gasteiger partial charge is 0.349 e. The zero-order valence-electron chi connectivity index (χ0n) is 8.06. The number of amides is 1. The maximum absolute atomic E-state index is 13.5. The average Bonchev–Trinajstić information content (AvgIpc) is 2.21. The molecule has 1 atom stereocenters. The summed E-state index contributed by atoms with van der Waals surface area (Å²) in [4.78, 5) is 11.6. The Kier molecular flexibility index (Phi) is 4.73. The van der Waals surface area contributed by atoms with Crippen LogP contribution in [0.15, 0.2) is 22.7 Å². The molecule has 1 N–H and O–H groups in total. The molecular weight excluding hydrogens is 329 g/mol. The van der Waals surface area contributed by atoms with Crippen molar-refractivity contribution >= 4 is 37.8 Å². The highest BCUT2D eigenvalue weighted by molar-refractivity contribution is 9.10. The average molecular weight is 339 g/mol. The molecule has 1 aromatic rings. The Labute approximate surface area is 105 Å². The molecule has 0 aliphatic carbocycles. The molecule has 0 radical (unpaired) electrons.